The first kappa shape index (κ1) is 18.1. The molecule has 1 aromatic carbocycles. The maximum absolute atomic E-state index is 3.21. The van der Waals surface area contributed by atoms with Crippen LogP contribution in [0.5, 0.6) is 0 Å². The molecule has 1 aromatic rings. The van der Waals surface area contributed by atoms with Crippen LogP contribution < -0.4 is 5.32 Å². The minimum absolute atomic E-state index is 0.567. The third kappa shape index (κ3) is 11.9. The fourth-order valence-corrected chi connectivity index (χ4v) is 1.47. The van der Waals surface area contributed by atoms with Crippen LogP contribution in [0.1, 0.15) is 12.5 Å². The van der Waals surface area contributed by atoms with Crippen LogP contribution in [0, 0.1) is 0 Å². The van der Waals surface area contributed by atoms with Crippen LogP contribution in [-0.2, 0) is 6.42 Å². The van der Waals surface area contributed by atoms with E-state index in [2.05, 4.69) is 74.5 Å². The fourth-order valence-electron chi connectivity index (χ4n) is 1.47. The van der Waals surface area contributed by atoms with Gasteiger partial charge >= 0.3 is 0 Å². The molecule has 0 aromatic heterocycles. The number of rotatable bonds is 6. The topological polar surface area (TPSA) is 18.5 Å². The Hall–Kier alpha value is -0.900. The lowest BCUT2D eigenvalue weighted by Crippen LogP contribution is -2.25. The van der Waals surface area contributed by atoms with Gasteiger partial charge < -0.3 is 15.1 Å². The van der Waals surface area contributed by atoms with Crippen LogP contribution in [0.2, 0.25) is 0 Å². The van der Waals surface area contributed by atoms with Crippen LogP contribution >= 0.6 is 0 Å². The number of benzene rings is 1. The van der Waals surface area contributed by atoms with E-state index in [0.29, 0.717) is 6.04 Å². The van der Waals surface area contributed by atoms with Crippen molar-refractivity contribution in [2.24, 2.45) is 0 Å². The second-order valence-corrected chi connectivity index (χ2v) is 5.49. The predicted octanol–water partition coefficient (Wildman–Crippen LogP) is 1.95. The molecule has 0 saturated heterocycles. The Morgan fingerprint density at radius 2 is 1.42 bits per heavy atom. The molecule has 110 valence electrons. The number of likely N-dealkylation sites (N-methyl/N-ethyl adjacent to an activating group) is 3. The van der Waals surface area contributed by atoms with Crippen LogP contribution in [0.15, 0.2) is 30.3 Å². The van der Waals surface area contributed by atoms with Crippen molar-refractivity contribution in [2.45, 2.75) is 19.4 Å². The van der Waals surface area contributed by atoms with Crippen molar-refractivity contribution in [2.75, 3.05) is 48.3 Å². The molecule has 0 aliphatic carbocycles. The van der Waals surface area contributed by atoms with Crippen LogP contribution in [0.3, 0.4) is 0 Å². The lowest BCUT2D eigenvalue weighted by molar-refractivity contribution is 0.320. The van der Waals surface area contributed by atoms with Gasteiger partial charge in [-0.1, -0.05) is 30.3 Å². The van der Waals surface area contributed by atoms with E-state index in [0.717, 1.165) is 19.5 Å². The maximum atomic E-state index is 3.21. The molecule has 1 N–H and O–H groups in total. The van der Waals surface area contributed by atoms with Crippen molar-refractivity contribution in [1.29, 1.82) is 0 Å². The summed E-state index contributed by atoms with van der Waals surface area (Å²) in [5, 5.41) is 3.21. The average Bonchev–Trinajstić information content (AvgIpc) is 2.38. The predicted molar refractivity (Wildman–Crippen MR) is 85.8 cm³/mol. The smallest absolute Gasteiger partial charge is 0.0103 e. The first-order valence-corrected chi connectivity index (χ1v) is 6.96. The molecule has 0 fully saturated rings. The average molecular weight is 265 g/mol. The molecule has 3 heteroatoms. The Morgan fingerprint density at radius 3 is 1.79 bits per heavy atom. The molecule has 0 unspecified atom stereocenters. The Labute approximate surface area is 119 Å². The lowest BCUT2D eigenvalue weighted by Gasteiger charge is -2.13. The summed E-state index contributed by atoms with van der Waals surface area (Å²) < 4.78 is 0. The van der Waals surface area contributed by atoms with Crippen LogP contribution in [0.25, 0.3) is 0 Å². The number of nitrogens with one attached hydrogen (secondary N) is 1. The summed E-state index contributed by atoms with van der Waals surface area (Å²) in [5.41, 5.74) is 1.40. The zero-order valence-electron chi connectivity index (χ0n) is 13.5. The van der Waals surface area contributed by atoms with Crippen molar-refractivity contribution >= 4 is 0 Å². The van der Waals surface area contributed by atoms with E-state index in [4.69, 9.17) is 0 Å². The van der Waals surface area contributed by atoms with E-state index >= 15 is 0 Å². The second kappa shape index (κ2) is 11.0. The molecule has 0 saturated carbocycles. The molecular weight excluding hydrogens is 234 g/mol. The third-order valence-electron chi connectivity index (χ3n) is 2.87. The quantitative estimate of drug-likeness (QED) is 0.848. The van der Waals surface area contributed by atoms with Gasteiger partial charge in [0, 0.05) is 19.1 Å². The van der Waals surface area contributed by atoms with Gasteiger partial charge in [-0.25, -0.2) is 0 Å². The minimum atomic E-state index is 0.567. The molecule has 1 atom stereocenters. The van der Waals surface area contributed by atoms with Crippen molar-refractivity contribution in [1.82, 2.24) is 15.1 Å². The van der Waals surface area contributed by atoms with Gasteiger partial charge in [0.05, 0.1) is 0 Å². The standard InChI is InChI=1S/C10H15N.C6H16N2/c1-9(11-2)8-10-6-4-3-5-7-10;1-7(2)5-6-8(3)4/h3-7,9,11H,8H2,1-2H3;5-6H2,1-4H3/t9-;/m0./s1. The highest BCUT2D eigenvalue weighted by Gasteiger charge is 1.97. The van der Waals surface area contributed by atoms with Crippen molar-refractivity contribution in [3.05, 3.63) is 35.9 Å². The monoisotopic (exact) mass is 265 g/mol. The van der Waals surface area contributed by atoms with E-state index in [-0.39, 0.29) is 0 Å². The molecule has 0 aliphatic rings. The molecular formula is C16H31N3. The van der Waals surface area contributed by atoms with E-state index < -0.39 is 0 Å². The molecule has 0 aliphatic heterocycles. The second-order valence-electron chi connectivity index (χ2n) is 5.49. The molecule has 0 heterocycles. The summed E-state index contributed by atoms with van der Waals surface area (Å²) in [6, 6.07) is 11.1. The van der Waals surface area contributed by atoms with Gasteiger partial charge in [0.15, 0.2) is 0 Å². The van der Waals surface area contributed by atoms with Gasteiger partial charge in [-0.15, -0.1) is 0 Å². The van der Waals surface area contributed by atoms with E-state index in [1.165, 1.54) is 5.56 Å². The molecule has 19 heavy (non-hydrogen) atoms. The highest BCUT2D eigenvalue weighted by atomic mass is 15.1. The van der Waals surface area contributed by atoms with Crippen molar-refractivity contribution in [3.63, 3.8) is 0 Å². The summed E-state index contributed by atoms with van der Waals surface area (Å²) in [4.78, 5) is 4.36. The largest absolute Gasteiger partial charge is 0.317 e. The van der Waals surface area contributed by atoms with E-state index in [9.17, 15) is 0 Å². The summed E-state index contributed by atoms with van der Waals surface area (Å²) in [6.07, 6.45) is 1.11. The SMILES string of the molecule is CN(C)CCN(C)C.CN[C@@H](C)Cc1ccccc1. The van der Waals surface area contributed by atoms with Gasteiger partial charge in [0.25, 0.3) is 0 Å². The Morgan fingerprint density at radius 1 is 0.947 bits per heavy atom. The summed E-state index contributed by atoms with van der Waals surface area (Å²) in [5.74, 6) is 0. The summed E-state index contributed by atoms with van der Waals surface area (Å²) in [7, 11) is 10.3. The molecule has 0 amide bonds. The molecule has 0 bridgehead atoms. The molecule has 3 nitrogen and oxygen atoms in total. The highest BCUT2D eigenvalue weighted by molar-refractivity contribution is 5.15. The van der Waals surface area contributed by atoms with Gasteiger partial charge in [0.1, 0.15) is 0 Å². The van der Waals surface area contributed by atoms with Gasteiger partial charge in [-0.3, -0.25) is 0 Å². The molecule has 0 radical (unpaired) electrons. The number of nitrogens with zero attached hydrogens (tertiary/aromatic N) is 2. The van der Waals surface area contributed by atoms with E-state index in [1.54, 1.807) is 0 Å². The molecule has 0 spiro atoms. The van der Waals surface area contributed by atoms with Crippen molar-refractivity contribution in [3.8, 4) is 0 Å². The van der Waals surface area contributed by atoms with Gasteiger partial charge in [-0.05, 0) is 54.1 Å². The van der Waals surface area contributed by atoms with Crippen LogP contribution in [0.4, 0.5) is 0 Å². The third-order valence-corrected chi connectivity index (χ3v) is 2.87. The fraction of sp³-hybridized carbons (Fsp3) is 0.625. The van der Waals surface area contributed by atoms with Gasteiger partial charge in [0.2, 0.25) is 0 Å². The van der Waals surface area contributed by atoms with E-state index in [1.807, 2.05) is 13.1 Å². The maximum Gasteiger partial charge on any atom is 0.0103 e. The first-order chi connectivity index (χ1) is 8.95. The normalized spacial score (nSPS) is 12.2. The van der Waals surface area contributed by atoms with Gasteiger partial charge in [-0.2, -0.15) is 0 Å². The molecule has 1 rings (SSSR count). The Bertz CT molecular complexity index is 288. The Balaban J connectivity index is 0.000000362. The highest BCUT2D eigenvalue weighted by Crippen LogP contribution is 2.01. The summed E-state index contributed by atoms with van der Waals surface area (Å²) >= 11 is 0. The number of hydrogen-bond acceptors (Lipinski definition) is 3. The summed E-state index contributed by atoms with van der Waals surface area (Å²) in [6.45, 7) is 4.48. The number of hydrogen-bond donors (Lipinski definition) is 1. The minimum Gasteiger partial charge on any atom is -0.317 e. The van der Waals surface area contributed by atoms with Crippen LogP contribution in [-0.4, -0.2) is 64.2 Å². The lowest BCUT2D eigenvalue weighted by atomic mass is 10.1. The van der Waals surface area contributed by atoms with Crippen molar-refractivity contribution < 1.29 is 0 Å². The zero-order chi connectivity index (χ0) is 14.7. The Kier molecular flexibility index (Phi) is 10.5. The first-order valence-electron chi connectivity index (χ1n) is 6.96. The zero-order valence-corrected chi connectivity index (χ0v) is 13.5.